The van der Waals surface area contributed by atoms with Gasteiger partial charge in [0.2, 0.25) is 5.95 Å². The van der Waals surface area contributed by atoms with E-state index in [9.17, 15) is 5.11 Å². The fourth-order valence-electron chi connectivity index (χ4n) is 1.26. The van der Waals surface area contributed by atoms with E-state index in [4.69, 9.17) is 0 Å². The normalized spacial score (nSPS) is 14.2. The Bertz CT molecular complexity index is 366. The van der Waals surface area contributed by atoms with Gasteiger partial charge in [-0.1, -0.05) is 6.92 Å². The van der Waals surface area contributed by atoms with Crippen LogP contribution in [0.3, 0.4) is 0 Å². The lowest BCUT2D eigenvalue weighted by atomic mass is 10.0. The number of hydrogen-bond acceptors (Lipinski definition) is 5. The summed E-state index contributed by atoms with van der Waals surface area (Å²) in [5.41, 5.74) is 0.258. The SMILES string of the molecule is CCNc1ncc(C)c(NCC(C)(O)CC)n1. The maximum atomic E-state index is 9.93. The van der Waals surface area contributed by atoms with Crippen LogP contribution < -0.4 is 10.6 Å². The molecule has 0 aliphatic heterocycles. The summed E-state index contributed by atoms with van der Waals surface area (Å²) in [6, 6.07) is 0. The number of nitrogens with zero attached hydrogens (tertiary/aromatic N) is 2. The van der Waals surface area contributed by atoms with Crippen LogP contribution >= 0.6 is 0 Å². The lowest BCUT2D eigenvalue weighted by Gasteiger charge is -2.22. The van der Waals surface area contributed by atoms with E-state index < -0.39 is 5.60 Å². The van der Waals surface area contributed by atoms with Gasteiger partial charge in [-0.05, 0) is 27.2 Å². The average Bonchev–Trinajstić information content (AvgIpc) is 2.30. The molecule has 5 nitrogen and oxygen atoms in total. The number of aliphatic hydroxyl groups is 1. The fraction of sp³-hybridized carbons (Fsp3) is 0.667. The second-order valence-electron chi connectivity index (χ2n) is 4.46. The van der Waals surface area contributed by atoms with Crippen molar-refractivity contribution in [2.24, 2.45) is 0 Å². The van der Waals surface area contributed by atoms with E-state index in [-0.39, 0.29) is 0 Å². The highest BCUT2D eigenvalue weighted by Gasteiger charge is 2.17. The minimum atomic E-state index is -0.713. The predicted molar refractivity (Wildman–Crippen MR) is 70.3 cm³/mol. The third-order valence-electron chi connectivity index (χ3n) is 2.70. The van der Waals surface area contributed by atoms with Crippen LogP contribution in [0.4, 0.5) is 11.8 Å². The molecule has 0 amide bonds. The van der Waals surface area contributed by atoms with E-state index in [0.29, 0.717) is 18.9 Å². The number of anilines is 2. The molecule has 0 bridgehead atoms. The van der Waals surface area contributed by atoms with Gasteiger partial charge < -0.3 is 15.7 Å². The Morgan fingerprint density at radius 1 is 1.35 bits per heavy atom. The first kappa shape index (κ1) is 13.7. The van der Waals surface area contributed by atoms with Crippen molar-refractivity contribution in [3.63, 3.8) is 0 Å². The summed E-state index contributed by atoms with van der Waals surface area (Å²) in [5.74, 6) is 1.38. The average molecular weight is 238 g/mol. The molecule has 0 radical (unpaired) electrons. The first-order chi connectivity index (χ1) is 7.98. The monoisotopic (exact) mass is 238 g/mol. The van der Waals surface area contributed by atoms with Gasteiger partial charge in [-0.2, -0.15) is 4.98 Å². The highest BCUT2D eigenvalue weighted by molar-refractivity contribution is 5.46. The van der Waals surface area contributed by atoms with Crippen LogP contribution in [0, 0.1) is 6.92 Å². The Kier molecular flexibility index (Phi) is 4.69. The molecule has 1 rings (SSSR count). The van der Waals surface area contributed by atoms with Gasteiger partial charge in [0.15, 0.2) is 0 Å². The molecule has 96 valence electrons. The van der Waals surface area contributed by atoms with Gasteiger partial charge in [0.05, 0.1) is 5.60 Å². The Labute approximate surface area is 103 Å². The Morgan fingerprint density at radius 3 is 2.65 bits per heavy atom. The third kappa shape index (κ3) is 4.19. The molecular formula is C12H22N4O. The summed E-state index contributed by atoms with van der Waals surface area (Å²) in [7, 11) is 0. The molecule has 1 aromatic heterocycles. The molecule has 0 aliphatic carbocycles. The molecule has 3 N–H and O–H groups in total. The zero-order valence-corrected chi connectivity index (χ0v) is 11.0. The smallest absolute Gasteiger partial charge is 0.224 e. The first-order valence-electron chi connectivity index (χ1n) is 6.02. The van der Waals surface area contributed by atoms with E-state index in [2.05, 4.69) is 20.6 Å². The topological polar surface area (TPSA) is 70.1 Å². The lowest BCUT2D eigenvalue weighted by molar-refractivity contribution is 0.0696. The van der Waals surface area contributed by atoms with Crippen molar-refractivity contribution in [2.75, 3.05) is 23.7 Å². The van der Waals surface area contributed by atoms with Crippen molar-refractivity contribution in [2.45, 2.75) is 39.7 Å². The van der Waals surface area contributed by atoms with Gasteiger partial charge in [0, 0.05) is 24.8 Å². The number of aryl methyl sites for hydroxylation is 1. The standard InChI is InChI=1S/C12H22N4O/c1-5-12(4,17)8-15-10-9(3)7-14-11(16-10)13-6-2/h7,17H,5-6,8H2,1-4H3,(H2,13,14,15,16). The number of rotatable bonds is 6. The molecule has 1 aromatic rings. The predicted octanol–water partition coefficient (Wildman–Crippen LogP) is 1.79. The fourth-order valence-corrected chi connectivity index (χ4v) is 1.26. The van der Waals surface area contributed by atoms with Crippen LogP contribution in [0.25, 0.3) is 0 Å². The Hall–Kier alpha value is -1.36. The molecule has 1 atom stereocenters. The third-order valence-corrected chi connectivity index (χ3v) is 2.70. The van der Waals surface area contributed by atoms with Gasteiger partial charge in [-0.15, -0.1) is 0 Å². The van der Waals surface area contributed by atoms with E-state index in [0.717, 1.165) is 17.9 Å². The van der Waals surface area contributed by atoms with E-state index in [1.807, 2.05) is 27.7 Å². The zero-order chi connectivity index (χ0) is 12.9. The molecule has 5 heteroatoms. The van der Waals surface area contributed by atoms with E-state index in [1.54, 1.807) is 6.20 Å². The van der Waals surface area contributed by atoms with Gasteiger partial charge in [-0.25, -0.2) is 4.98 Å². The molecule has 0 aliphatic rings. The van der Waals surface area contributed by atoms with Crippen LogP contribution in [0.1, 0.15) is 32.8 Å². The largest absolute Gasteiger partial charge is 0.388 e. The second kappa shape index (κ2) is 5.82. The summed E-state index contributed by atoms with van der Waals surface area (Å²) < 4.78 is 0. The summed E-state index contributed by atoms with van der Waals surface area (Å²) in [6.07, 6.45) is 2.47. The minimum absolute atomic E-state index is 0.479. The van der Waals surface area contributed by atoms with Crippen molar-refractivity contribution in [3.8, 4) is 0 Å². The second-order valence-corrected chi connectivity index (χ2v) is 4.46. The molecule has 1 heterocycles. The molecule has 0 saturated heterocycles. The molecular weight excluding hydrogens is 216 g/mol. The summed E-state index contributed by atoms with van der Waals surface area (Å²) in [4.78, 5) is 8.52. The van der Waals surface area contributed by atoms with Crippen LogP contribution in [0.5, 0.6) is 0 Å². The maximum Gasteiger partial charge on any atom is 0.224 e. The van der Waals surface area contributed by atoms with E-state index in [1.165, 1.54) is 0 Å². The van der Waals surface area contributed by atoms with Gasteiger partial charge in [0.25, 0.3) is 0 Å². The molecule has 0 fully saturated rings. The number of nitrogens with one attached hydrogen (secondary N) is 2. The molecule has 0 spiro atoms. The minimum Gasteiger partial charge on any atom is -0.388 e. The highest BCUT2D eigenvalue weighted by atomic mass is 16.3. The van der Waals surface area contributed by atoms with Gasteiger partial charge in [0.1, 0.15) is 5.82 Å². The molecule has 17 heavy (non-hydrogen) atoms. The number of hydrogen-bond donors (Lipinski definition) is 3. The zero-order valence-electron chi connectivity index (χ0n) is 11.0. The number of aromatic nitrogens is 2. The summed E-state index contributed by atoms with van der Waals surface area (Å²) in [6.45, 7) is 8.97. The molecule has 1 unspecified atom stereocenters. The quantitative estimate of drug-likeness (QED) is 0.705. The van der Waals surface area contributed by atoms with Crippen LogP contribution in [-0.4, -0.2) is 33.8 Å². The Balaban J connectivity index is 2.72. The van der Waals surface area contributed by atoms with Crippen molar-refractivity contribution in [3.05, 3.63) is 11.8 Å². The first-order valence-corrected chi connectivity index (χ1v) is 6.02. The summed E-state index contributed by atoms with van der Waals surface area (Å²) >= 11 is 0. The van der Waals surface area contributed by atoms with Gasteiger partial charge >= 0.3 is 0 Å². The molecule has 0 saturated carbocycles. The summed E-state index contributed by atoms with van der Waals surface area (Å²) in [5, 5.41) is 16.1. The highest BCUT2D eigenvalue weighted by Crippen LogP contribution is 2.15. The van der Waals surface area contributed by atoms with Crippen LogP contribution in [-0.2, 0) is 0 Å². The van der Waals surface area contributed by atoms with Crippen LogP contribution in [0.2, 0.25) is 0 Å². The van der Waals surface area contributed by atoms with Crippen molar-refractivity contribution < 1.29 is 5.11 Å². The lowest BCUT2D eigenvalue weighted by Crippen LogP contribution is -2.32. The van der Waals surface area contributed by atoms with Crippen molar-refractivity contribution in [1.82, 2.24) is 9.97 Å². The van der Waals surface area contributed by atoms with Gasteiger partial charge in [-0.3, -0.25) is 0 Å². The van der Waals surface area contributed by atoms with Crippen molar-refractivity contribution in [1.29, 1.82) is 0 Å². The van der Waals surface area contributed by atoms with E-state index >= 15 is 0 Å². The van der Waals surface area contributed by atoms with Crippen LogP contribution in [0.15, 0.2) is 6.20 Å². The maximum absolute atomic E-state index is 9.93. The molecule has 0 aromatic carbocycles. The Morgan fingerprint density at radius 2 is 2.06 bits per heavy atom. The van der Waals surface area contributed by atoms with Crippen molar-refractivity contribution >= 4 is 11.8 Å².